The molecule has 2 heterocycles. The predicted molar refractivity (Wildman–Crippen MR) is 77.5 cm³/mol. The van der Waals surface area contributed by atoms with E-state index in [1.807, 2.05) is 0 Å². The Kier molecular flexibility index (Phi) is 3.69. The number of nitrogens with zero attached hydrogens (tertiary/aromatic N) is 4. The first-order valence-electron chi connectivity index (χ1n) is 7.47. The Morgan fingerprint density at radius 3 is 2.68 bits per heavy atom. The van der Waals surface area contributed by atoms with Crippen LogP contribution in [0.25, 0.3) is 0 Å². The molecule has 0 aromatic carbocycles. The zero-order valence-electron chi connectivity index (χ0n) is 12.0. The highest BCUT2D eigenvalue weighted by atomic mass is 15.2. The first kappa shape index (κ1) is 12.9. The van der Waals surface area contributed by atoms with Gasteiger partial charge in [0.15, 0.2) is 0 Å². The molecule has 0 unspecified atom stereocenters. The maximum Gasteiger partial charge on any atom is 0.132 e. The summed E-state index contributed by atoms with van der Waals surface area (Å²) in [5.41, 5.74) is 1.25. The summed E-state index contributed by atoms with van der Waals surface area (Å²) in [7, 11) is 4.38. The quantitative estimate of drug-likeness (QED) is 0.834. The molecule has 2 aliphatic rings. The van der Waals surface area contributed by atoms with Crippen molar-refractivity contribution < 1.29 is 0 Å². The second kappa shape index (κ2) is 5.45. The molecule has 1 aromatic heterocycles. The van der Waals surface area contributed by atoms with Crippen LogP contribution in [0.5, 0.6) is 0 Å². The molecule has 4 nitrogen and oxygen atoms in total. The third kappa shape index (κ3) is 3.06. The van der Waals surface area contributed by atoms with Crippen LogP contribution in [-0.2, 0) is 0 Å². The van der Waals surface area contributed by atoms with E-state index in [2.05, 4.69) is 39.9 Å². The van der Waals surface area contributed by atoms with E-state index in [-0.39, 0.29) is 0 Å². The minimum atomic E-state index is 0.711. The minimum absolute atomic E-state index is 0.711. The van der Waals surface area contributed by atoms with Crippen molar-refractivity contribution in [2.75, 3.05) is 32.1 Å². The molecule has 2 fully saturated rings. The molecule has 1 atom stereocenters. The van der Waals surface area contributed by atoms with Crippen molar-refractivity contribution in [3.05, 3.63) is 18.1 Å². The highest BCUT2D eigenvalue weighted by Gasteiger charge is 2.26. The van der Waals surface area contributed by atoms with E-state index in [1.165, 1.54) is 37.8 Å². The Bertz CT molecular complexity index is 428. The third-order valence-electron chi connectivity index (χ3n) is 4.42. The van der Waals surface area contributed by atoms with Gasteiger partial charge in [-0.1, -0.05) is 0 Å². The van der Waals surface area contributed by atoms with Crippen LogP contribution in [0.2, 0.25) is 0 Å². The average Bonchev–Trinajstić information content (AvgIpc) is 3.25. The van der Waals surface area contributed by atoms with Crippen LogP contribution in [-0.4, -0.2) is 48.1 Å². The molecule has 1 aliphatic heterocycles. The van der Waals surface area contributed by atoms with Crippen molar-refractivity contribution in [3.63, 3.8) is 0 Å². The topological polar surface area (TPSA) is 32.3 Å². The lowest BCUT2D eigenvalue weighted by atomic mass is 10.1. The van der Waals surface area contributed by atoms with Crippen LogP contribution in [0, 0.1) is 0 Å². The van der Waals surface area contributed by atoms with Crippen LogP contribution in [0.4, 0.5) is 5.82 Å². The second-order valence-electron chi connectivity index (χ2n) is 6.11. The van der Waals surface area contributed by atoms with Gasteiger partial charge in [-0.15, -0.1) is 0 Å². The Hall–Kier alpha value is -1.16. The summed E-state index contributed by atoms with van der Waals surface area (Å²) in [4.78, 5) is 13.7. The average molecular weight is 260 g/mol. The summed E-state index contributed by atoms with van der Waals surface area (Å²) < 4.78 is 0. The molecule has 0 bridgehead atoms. The molecule has 0 amide bonds. The molecule has 19 heavy (non-hydrogen) atoms. The van der Waals surface area contributed by atoms with Gasteiger partial charge < -0.3 is 9.80 Å². The largest absolute Gasteiger partial charge is 0.356 e. The molecule has 1 aliphatic carbocycles. The summed E-state index contributed by atoms with van der Waals surface area (Å²) >= 11 is 0. The maximum absolute atomic E-state index is 4.49. The molecule has 0 spiro atoms. The molecular formula is C15H24N4. The number of anilines is 1. The first-order valence-corrected chi connectivity index (χ1v) is 7.47. The summed E-state index contributed by atoms with van der Waals surface area (Å²) in [6.07, 6.45) is 8.14. The highest BCUT2D eigenvalue weighted by Crippen LogP contribution is 2.39. The van der Waals surface area contributed by atoms with Crippen LogP contribution in [0.15, 0.2) is 12.4 Å². The van der Waals surface area contributed by atoms with E-state index in [0.717, 1.165) is 24.9 Å². The van der Waals surface area contributed by atoms with Crippen LogP contribution in [0.1, 0.15) is 43.7 Å². The van der Waals surface area contributed by atoms with Crippen molar-refractivity contribution in [3.8, 4) is 0 Å². The fourth-order valence-corrected chi connectivity index (χ4v) is 2.96. The van der Waals surface area contributed by atoms with Crippen molar-refractivity contribution >= 4 is 5.82 Å². The van der Waals surface area contributed by atoms with Gasteiger partial charge in [0.25, 0.3) is 0 Å². The van der Waals surface area contributed by atoms with E-state index >= 15 is 0 Å². The monoisotopic (exact) mass is 260 g/mol. The van der Waals surface area contributed by atoms with Crippen LogP contribution < -0.4 is 4.90 Å². The van der Waals surface area contributed by atoms with E-state index < -0.39 is 0 Å². The molecule has 1 saturated carbocycles. The Morgan fingerprint density at radius 2 is 1.95 bits per heavy atom. The minimum Gasteiger partial charge on any atom is -0.356 e. The number of hydrogen-bond donors (Lipinski definition) is 0. The maximum atomic E-state index is 4.49. The van der Waals surface area contributed by atoms with Gasteiger partial charge in [-0.2, -0.15) is 0 Å². The fourth-order valence-electron chi connectivity index (χ4n) is 2.96. The van der Waals surface area contributed by atoms with Gasteiger partial charge in [0.2, 0.25) is 0 Å². The van der Waals surface area contributed by atoms with E-state index in [9.17, 15) is 0 Å². The number of aromatic nitrogens is 2. The van der Waals surface area contributed by atoms with Crippen LogP contribution >= 0.6 is 0 Å². The lowest BCUT2D eigenvalue weighted by Gasteiger charge is -2.24. The smallest absolute Gasteiger partial charge is 0.132 e. The van der Waals surface area contributed by atoms with Gasteiger partial charge in [-0.25, -0.2) is 9.97 Å². The van der Waals surface area contributed by atoms with Crippen molar-refractivity contribution in [2.45, 2.75) is 44.1 Å². The highest BCUT2D eigenvalue weighted by molar-refractivity contribution is 5.40. The molecule has 104 valence electrons. The SMILES string of the molecule is CN(C)[C@H]1CCCN(c2cc(C3CC3)ncn2)CC1. The summed E-state index contributed by atoms with van der Waals surface area (Å²) in [6, 6.07) is 2.93. The van der Waals surface area contributed by atoms with Crippen molar-refractivity contribution in [1.29, 1.82) is 0 Å². The van der Waals surface area contributed by atoms with Gasteiger partial charge in [0, 0.05) is 36.8 Å². The second-order valence-corrected chi connectivity index (χ2v) is 6.11. The number of rotatable bonds is 3. The van der Waals surface area contributed by atoms with Gasteiger partial charge >= 0.3 is 0 Å². The molecular weight excluding hydrogens is 236 g/mol. The number of hydrogen-bond acceptors (Lipinski definition) is 4. The first-order chi connectivity index (χ1) is 9.24. The summed E-state index contributed by atoms with van der Waals surface area (Å²) in [6.45, 7) is 2.25. The Labute approximate surface area is 115 Å². The molecule has 0 radical (unpaired) electrons. The molecule has 1 saturated heterocycles. The zero-order chi connectivity index (χ0) is 13.2. The summed E-state index contributed by atoms with van der Waals surface area (Å²) in [5.74, 6) is 1.85. The summed E-state index contributed by atoms with van der Waals surface area (Å²) in [5, 5.41) is 0. The normalized spacial score (nSPS) is 24.6. The van der Waals surface area contributed by atoms with Gasteiger partial charge in [-0.05, 0) is 46.2 Å². The van der Waals surface area contributed by atoms with Gasteiger partial charge in [-0.3, -0.25) is 0 Å². The zero-order valence-corrected chi connectivity index (χ0v) is 12.0. The van der Waals surface area contributed by atoms with E-state index in [0.29, 0.717) is 5.92 Å². The molecule has 3 rings (SSSR count). The third-order valence-corrected chi connectivity index (χ3v) is 4.42. The lowest BCUT2D eigenvalue weighted by molar-refractivity contribution is 0.272. The van der Waals surface area contributed by atoms with Gasteiger partial charge in [0.1, 0.15) is 12.1 Å². The fraction of sp³-hybridized carbons (Fsp3) is 0.733. The molecule has 0 N–H and O–H groups in total. The Morgan fingerprint density at radius 1 is 1.11 bits per heavy atom. The van der Waals surface area contributed by atoms with Gasteiger partial charge in [0.05, 0.1) is 0 Å². The van der Waals surface area contributed by atoms with Crippen molar-refractivity contribution in [2.24, 2.45) is 0 Å². The Balaban J connectivity index is 1.69. The lowest BCUT2D eigenvalue weighted by Crippen LogP contribution is -2.30. The molecule has 1 aromatic rings. The van der Waals surface area contributed by atoms with E-state index in [1.54, 1.807) is 6.33 Å². The predicted octanol–water partition coefficient (Wildman–Crippen LogP) is 2.27. The van der Waals surface area contributed by atoms with Crippen molar-refractivity contribution in [1.82, 2.24) is 14.9 Å². The van der Waals surface area contributed by atoms with E-state index in [4.69, 9.17) is 0 Å². The standard InChI is InChI=1S/C15H24N4/c1-18(2)13-4-3-8-19(9-7-13)15-10-14(12-5-6-12)16-11-17-15/h10-13H,3-9H2,1-2H3/t13-/m0/s1. The van der Waals surface area contributed by atoms with Crippen LogP contribution in [0.3, 0.4) is 0 Å². The molecule has 4 heteroatoms.